The molecule has 2 heterocycles. The van der Waals surface area contributed by atoms with Crippen molar-refractivity contribution in [3.8, 4) is 0 Å². The van der Waals surface area contributed by atoms with E-state index < -0.39 is 0 Å². The highest BCUT2D eigenvalue weighted by Gasteiger charge is 2.27. The molecular weight excluding hydrogens is 294 g/mol. The summed E-state index contributed by atoms with van der Waals surface area (Å²) < 4.78 is 0. The lowest BCUT2D eigenvalue weighted by Crippen LogP contribution is -2.39. The van der Waals surface area contributed by atoms with E-state index in [1.807, 2.05) is 23.3 Å². The first-order valence-corrected chi connectivity index (χ1v) is 8.59. The van der Waals surface area contributed by atoms with Gasteiger partial charge in [0, 0.05) is 24.7 Å². The summed E-state index contributed by atoms with van der Waals surface area (Å²) in [5, 5.41) is 5.93. The van der Waals surface area contributed by atoms with Gasteiger partial charge in [0.05, 0.1) is 6.04 Å². The number of hydrogen-bond donors (Lipinski definition) is 1. The van der Waals surface area contributed by atoms with E-state index in [4.69, 9.17) is 0 Å². The van der Waals surface area contributed by atoms with Crippen molar-refractivity contribution >= 4 is 17.4 Å². The topological polar surface area (TPSA) is 45.2 Å². The zero-order valence-electron chi connectivity index (χ0n) is 12.7. The first-order chi connectivity index (χ1) is 10.7. The molecule has 0 bridgehead atoms. The van der Waals surface area contributed by atoms with Gasteiger partial charge in [0.2, 0.25) is 0 Å². The highest BCUT2D eigenvalue weighted by molar-refractivity contribution is 7.09. The first kappa shape index (κ1) is 15.0. The molecular formula is C17H21N3OS. The van der Waals surface area contributed by atoms with Gasteiger partial charge in [0.15, 0.2) is 0 Å². The Hall–Kier alpha value is -1.88. The number of rotatable bonds is 4. The molecule has 1 aliphatic rings. The summed E-state index contributed by atoms with van der Waals surface area (Å²) in [6.45, 7) is 3.66. The van der Waals surface area contributed by atoms with Crippen molar-refractivity contribution in [1.29, 1.82) is 0 Å². The van der Waals surface area contributed by atoms with E-state index in [2.05, 4.69) is 34.6 Å². The monoisotopic (exact) mass is 315 g/mol. The van der Waals surface area contributed by atoms with Crippen LogP contribution in [0.5, 0.6) is 0 Å². The number of carbonyl (C=O) groups is 1. The van der Waals surface area contributed by atoms with Gasteiger partial charge in [-0.2, -0.15) is 0 Å². The van der Waals surface area contributed by atoms with Gasteiger partial charge in [-0.25, -0.2) is 9.78 Å². The summed E-state index contributed by atoms with van der Waals surface area (Å²) in [6, 6.07) is 10.5. The molecule has 4 nitrogen and oxygen atoms in total. The van der Waals surface area contributed by atoms with Crippen molar-refractivity contribution < 1.29 is 4.79 Å². The number of aromatic nitrogens is 1. The van der Waals surface area contributed by atoms with E-state index >= 15 is 0 Å². The highest BCUT2D eigenvalue weighted by atomic mass is 32.1. The molecule has 2 aromatic rings. The van der Waals surface area contributed by atoms with E-state index in [0.717, 1.165) is 30.9 Å². The second kappa shape index (κ2) is 6.92. The Kier molecular flexibility index (Phi) is 4.73. The van der Waals surface area contributed by atoms with Crippen molar-refractivity contribution in [1.82, 2.24) is 15.2 Å². The number of hydrogen-bond acceptors (Lipinski definition) is 3. The van der Waals surface area contributed by atoms with Crippen molar-refractivity contribution in [2.24, 2.45) is 5.92 Å². The van der Waals surface area contributed by atoms with Crippen molar-refractivity contribution in [2.75, 3.05) is 13.1 Å². The average molecular weight is 315 g/mol. The Morgan fingerprint density at radius 2 is 2.27 bits per heavy atom. The molecule has 0 radical (unpaired) electrons. The number of amides is 2. The molecule has 3 rings (SSSR count). The van der Waals surface area contributed by atoms with Crippen LogP contribution in [-0.4, -0.2) is 29.0 Å². The van der Waals surface area contributed by atoms with Crippen molar-refractivity contribution in [2.45, 2.75) is 25.8 Å². The SMILES string of the molecule is C[C@@H](NC(=O)N1CC[C@@H](Cc2ccccc2)C1)c1nccs1. The minimum atomic E-state index is -0.0272. The molecule has 5 heteroatoms. The van der Waals surface area contributed by atoms with Crippen LogP contribution in [0.25, 0.3) is 0 Å². The smallest absolute Gasteiger partial charge is 0.317 e. The van der Waals surface area contributed by atoms with Gasteiger partial charge in [-0.05, 0) is 31.2 Å². The zero-order valence-corrected chi connectivity index (χ0v) is 13.6. The molecule has 2 atom stereocenters. The van der Waals surface area contributed by atoms with Gasteiger partial charge in [-0.15, -0.1) is 11.3 Å². The normalized spacial score (nSPS) is 19.1. The Morgan fingerprint density at radius 1 is 1.45 bits per heavy atom. The fourth-order valence-electron chi connectivity index (χ4n) is 2.92. The Morgan fingerprint density at radius 3 is 3.00 bits per heavy atom. The van der Waals surface area contributed by atoms with Crippen LogP contribution in [0.4, 0.5) is 4.79 Å². The first-order valence-electron chi connectivity index (χ1n) is 7.71. The van der Waals surface area contributed by atoms with E-state index in [0.29, 0.717) is 5.92 Å². The molecule has 1 fully saturated rings. The minimum absolute atomic E-state index is 0.0262. The van der Waals surface area contributed by atoms with Crippen LogP contribution in [0.3, 0.4) is 0 Å². The fraction of sp³-hybridized carbons (Fsp3) is 0.412. The molecule has 0 spiro atoms. The van der Waals surface area contributed by atoms with Gasteiger partial charge in [-0.3, -0.25) is 0 Å². The van der Waals surface area contributed by atoms with Gasteiger partial charge < -0.3 is 10.2 Å². The quantitative estimate of drug-likeness (QED) is 0.939. The van der Waals surface area contributed by atoms with Gasteiger partial charge in [0.25, 0.3) is 0 Å². The van der Waals surface area contributed by atoms with E-state index in [1.54, 1.807) is 17.5 Å². The summed E-state index contributed by atoms with van der Waals surface area (Å²) in [6.07, 6.45) is 3.90. The second-order valence-corrected chi connectivity index (χ2v) is 6.76. The van der Waals surface area contributed by atoms with Crippen LogP contribution in [-0.2, 0) is 6.42 Å². The number of urea groups is 1. The average Bonchev–Trinajstić information content (AvgIpc) is 3.19. The molecule has 0 aliphatic carbocycles. The number of nitrogens with zero attached hydrogens (tertiary/aromatic N) is 2. The van der Waals surface area contributed by atoms with Crippen LogP contribution in [0.2, 0.25) is 0 Å². The molecule has 2 amide bonds. The molecule has 1 aromatic heterocycles. The van der Waals surface area contributed by atoms with Crippen LogP contribution in [0, 0.1) is 5.92 Å². The molecule has 116 valence electrons. The Bertz CT molecular complexity index is 600. The molecule has 1 saturated heterocycles. The van der Waals surface area contributed by atoms with Gasteiger partial charge >= 0.3 is 6.03 Å². The summed E-state index contributed by atoms with van der Waals surface area (Å²) >= 11 is 1.57. The third-order valence-corrected chi connectivity index (χ3v) is 5.06. The van der Waals surface area contributed by atoms with E-state index in [-0.39, 0.29) is 12.1 Å². The molecule has 1 aromatic carbocycles. The number of likely N-dealkylation sites (tertiary alicyclic amines) is 1. The molecule has 1 aliphatic heterocycles. The minimum Gasteiger partial charge on any atom is -0.329 e. The maximum Gasteiger partial charge on any atom is 0.317 e. The molecule has 0 saturated carbocycles. The van der Waals surface area contributed by atoms with E-state index in [1.165, 1.54) is 5.56 Å². The van der Waals surface area contributed by atoms with Crippen LogP contribution < -0.4 is 5.32 Å². The standard InChI is InChI=1S/C17H21N3OS/c1-13(16-18-8-10-22-16)19-17(21)20-9-7-15(12-20)11-14-5-3-2-4-6-14/h2-6,8,10,13,15H,7,9,11-12H2,1H3,(H,19,21)/t13-,15+/m1/s1. The lowest BCUT2D eigenvalue weighted by Gasteiger charge is -2.20. The zero-order chi connectivity index (χ0) is 15.4. The second-order valence-electron chi connectivity index (χ2n) is 5.83. The summed E-state index contributed by atoms with van der Waals surface area (Å²) in [4.78, 5) is 18.5. The number of thiazole rings is 1. The Labute approximate surface area is 135 Å². The van der Waals surface area contributed by atoms with Crippen LogP contribution in [0.15, 0.2) is 41.9 Å². The van der Waals surface area contributed by atoms with Crippen LogP contribution >= 0.6 is 11.3 Å². The summed E-state index contributed by atoms with van der Waals surface area (Å²) in [5.74, 6) is 0.559. The Balaban J connectivity index is 1.50. The summed E-state index contributed by atoms with van der Waals surface area (Å²) in [5.41, 5.74) is 1.35. The largest absolute Gasteiger partial charge is 0.329 e. The fourth-order valence-corrected chi connectivity index (χ4v) is 3.56. The molecule has 0 unspecified atom stereocenters. The van der Waals surface area contributed by atoms with Crippen molar-refractivity contribution in [3.05, 3.63) is 52.5 Å². The van der Waals surface area contributed by atoms with Gasteiger partial charge in [-0.1, -0.05) is 30.3 Å². The summed E-state index contributed by atoms with van der Waals surface area (Å²) in [7, 11) is 0. The lowest BCUT2D eigenvalue weighted by molar-refractivity contribution is 0.203. The van der Waals surface area contributed by atoms with Crippen molar-refractivity contribution in [3.63, 3.8) is 0 Å². The lowest BCUT2D eigenvalue weighted by atomic mass is 9.99. The number of carbonyl (C=O) groups excluding carboxylic acids is 1. The maximum atomic E-state index is 12.3. The molecule has 1 N–H and O–H groups in total. The predicted octanol–water partition coefficient (Wildman–Crippen LogP) is 3.48. The third-order valence-electron chi connectivity index (χ3n) is 4.10. The third kappa shape index (κ3) is 3.65. The maximum absolute atomic E-state index is 12.3. The van der Waals surface area contributed by atoms with Gasteiger partial charge in [0.1, 0.15) is 5.01 Å². The number of nitrogens with one attached hydrogen (secondary N) is 1. The number of benzene rings is 1. The predicted molar refractivity (Wildman–Crippen MR) is 88.9 cm³/mol. The van der Waals surface area contributed by atoms with E-state index in [9.17, 15) is 4.79 Å². The molecule has 22 heavy (non-hydrogen) atoms. The van der Waals surface area contributed by atoms with Crippen LogP contribution in [0.1, 0.15) is 30.0 Å². The highest BCUT2D eigenvalue weighted by Crippen LogP contribution is 2.22.